The van der Waals surface area contributed by atoms with Crippen LogP contribution in [0.25, 0.3) is 11.0 Å². The van der Waals surface area contributed by atoms with Gasteiger partial charge in [0.1, 0.15) is 5.58 Å². The fourth-order valence-corrected chi connectivity index (χ4v) is 2.42. The molecule has 1 unspecified atom stereocenters. The quantitative estimate of drug-likeness (QED) is 0.776. The summed E-state index contributed by atoms with van der Waals surface area (Å²) in [5.74, 6) is 0.450. The molecule has 2 aromatic rings. The molecular weight excluding hydrogens is 226 g/mol. The minimum Gasteiger partial charge on any atom is -0.464 e. The van der Waals surface area contributed by atoms with Gasteiger partial charge in [-0.25, -0.2) is 0 Å². The third kappa shape index (κ3) is 2.31. The Hall–Kier alpha value is -1.61. The monoisotopic (exact) mass is 245 g/mol. The average molecular weight is 245 g/mol. The molecule has 0 bridgehead atoms. The Morgan fingerprint density at radius 1 is 1.22 bits per heavy atom. The molecule has 0 aliphatic carbocycles. The third-order valence-electron chi connectivity index (χ3n) is 3.19. The van der Waals surface area contributed by atoms with E-state index in [4.69, 9.17) is 4.42 Å². The molecule has 3 heteroatoms. The van der Waals surface area contributed by atoms with Gasteiger partial charge >= 0.3 is 0 Å². The number of nitrogens with zero attached hydrogens (tertiary/aromatic N) is 1. The van der Waals surface area contributed by atoms with E-state index in [1.54, 1.807) is 6.26 Å². The van der Waals surface area contributed by atoms with Gasteiger partial charge in [-0.1, -0.05) is 13.8 Å². The van der Waals surface area contributed by atoms with Crippen LogP contribution in [0.4, 0.5) is 0 Å². The average Bonchev–Trinajstić information content (AvgIpc) is 2.74. The molecule has 1 atom stereocenters. The first-order valence-corrected chi connectivity index (χ1v) is 6.18. The standard InChI is InChI=1S/C15H19NO2/c1-10(2)14(16(3)4)15(17)12-5-6-13-11(9-12)7-8-18-13/h5-10,14H,1-4H3. The highest BCUT2D eigenvalue weighted by Crippen LogP contribution is 2.20. The fourth-order valence-electron chi connectivity index (χ4n) is 2.42. The van der Waals surface area contributed by atoms with E-state index >= 15 is 0 Å². The summed E-state index contributed by atoms with van der Waals surface area (Å²) in [6.45, 7) is 4.14. The van der Waals surface area contributed by atoms with Crippen molar-refractivity contribution < 1.29 is 9.21 Å². The summed E-state index contributed by atoms with van der Waals surface area (Å²) in [6.07, 6.45) is 1.64. The Morgan fingerprint density at radius 2 is 1.94 bits per heavy atom. The number of furan rings is 1. The minimum absolute atomic E-state index is 0.0886. The van der Waals surface area contributed by atoms with Crippen LogP contribution >= 0.6 is 0 Å². The van der Waals surface area contributed by atoms with Crippen molar-refractivity contribution in [1.29, 1.82) is 0 Å². The van der Waals surface area contributed by atoms with Gasteiger partial charge in [0.25, 0.3) is 0 Å². The minimum atomic E-state index is -0.0886. The molecule has 96 valence electrons. The van der Waals surface area contributed by atoms with Gasteiger partial charge in [-0.15, -0.1) is 0 Å². The Labute approximate surface area is 107 Å². The predicted octanol–water partition coefficient (Wildman–Crippen LogP) is 3.20. The summed E-state index contributed by atoms with van der Waals surface area (Å²) >= 11 is 0. The van der Waals surface area contributed by atoms with Crippen LogP contribution in [0.1, 0.15) is 24.2 Å². The van der Waals surface area contributed by atoms with Crippen molar-refractivity contribution in [3.63, 3.8) is 0 Å². The van der Waals surface area contributed by atoms with Crippen molar-refractivity contribution >= 4 is 16.8 Å². The lowest BCUT2D eigenvalue weighted by molar-refractivity contribution is 0.0827. The van der Waals surface area contributed by atoms with Crippen LogP contribution in [0.3, 0.4) is 0 Å². The number of hydrogen-bond donors (Lipinski definition) is 0. The van der Waals surface area contributed by atoms with Gasteiger partial charge < -0.3 is 4.42 Å². The molecule has 0 N–H and O–H groups in total. The number of Topliss-reactive ketones (excluding diaryl/α,β-unsaturated/α-hetero) is 1. The third-order valence-corrected chi connectivity index (χ3v) is 3.19. The number of hydrogen-bond acceptors (Lipinski definition) is 3. The second-order valence-electron chi connectivity index (χ2n) is 5.19. The highest BCUT2D eigenvalue weighted by Gasteiger charge is 2.25. The van der Waals surface area contributed by atoms with Crippen LogP contribution in [0.2, 0.25) is 0 Å². The molecule has 0 fully saturated rings. The van der Waals surface area contributed by atoms with Crippen molar-refractivity contribution in [3.05, 3.63) is 36.1 Å². The molecule has 18 heavy (non-hydrogen) atoms. The number of likely N-dealkylation sites (N-methyl/N-ethyl adjacent to an activating group) is 1. The molecule has 1 heterocycles. The second-order valence-corrected chi connectivity index (χ2v) is 5.19. The number of benzene rings is 1. The van der Waals surface area contributed by atoms with E-state index in [0.29, 0.717) is 0 Å². The maximum atomic E-state index is 12.5. The Morgan fingerprint density at radius 3 is 2.56 bits per heavy atom. The first-order chi connectivity index (χ1) is 8.50. The SMILES string of the molecule is CC(C)C(C(=O)c1ccc2occc2c1)N(C)C. The van der Waals surface area contributed by atoms with Crippen molar-refractivity contribution in [2.24, 2.45) is 5.92 Å². The summed E-state index contributed by atoms with van der Waals surface area (Å²) in [5.41, 5.74) is 1.56. The van der Waals surface area contributed by atoms with E-state index in [2.05, 4.69) is 13.8 Å². The van der Waals surface area contributed by atoms with E-state index in [1.807, 2.05) is 43.3 Å². The van der Waals surface area contributed by atoms with E-state index in [1.165, 1.54) is 0 Å². The van der Waals surface area contributed by atoms with Crippen molar-refractivity contribution in [3.8, 4) is 0 Å². The number of carbonyl (C=O) groups is 1. The number of ketones is 1. The highest BCUT2D eigenvalue weighted by atomic mass is 16.3. The maximum absolute atomic E-state index is 12.5. The zero-order valence-electron chi connectivity index (χ0n) is 11.3. The molecular formula is C15H19NO2. The van der Waals surface area contributed by atoms with Crippen molar-refractivity contribution in [2.45, 2.75) is 19.9 Å². The predicted molar refractivity (Wildman–Crippen MR) is 72.9 cm³/mol. The Bertz CT molecular complexity index is 546. The second kappa shape index (κ2) is 4.94. The van der Waals surface area contributed by atoms with Crippen LogP contribution in [0.15, 0.2) is 34.9 Å². The van der Waals surface area contributed by atoms with Gasteiger partial charge in [-0.2, -0.15) is 0 Å². The first kappa shape index (κ1) is 12.8. The lowest BCUT2D eigenvalue weighted by atomic mass is 9.93. The molecule has 0 radical (unpaired) electrons. The van der Waals surface area contributed by atoms with Crippen LogP contribution in [0, 0.1) is 5.92 Å². The largest absolute Gasteiger partial charge is 0.464 e. The van der Waals surface area contributed by atoms with Crippen LogP contribution < -0.4 is 0 Å². The van der Waals surface area contributed by atoms with E-state index < -0.39 is 0 Å². The van der Waals surface area contributed by atoms with Gasteiger partial charge in [0, 0.05) is 10.9 Å². The van der Waals surface area contributed by atoms with Gasteiger partial charge in [-0.3, -0.25) is 9.69 Å². The van der Waals surface area contributed by atoms with Gasteiger partial charge in [0.15, 0.2) is 5.78 Å². The van der Waals surface area contributed by atoms with Crippen LogP contribution in [-0.2, 0) is 0 Å². The van der Waals surface area contributed by atoms with Crippen LogP contribution in [0.5, 0.6) is 0 Å². The Balaban J connectivity index is 2.37. The normalized spacial score (nSPS) is 13.4. The van der Waals surface area contributed by atoms with E-state index in [-0.39, 0.29) is 17.7 Å². The van der Waals surface area contributed by atoms with Gasteiger partial charge in [0.2, 0.25) is 0 Å². The van der Waals surface area contributed by atoms with Gasteiger partial charge in [-0.05, 0) is 44.3 Å². The molecule has 1 aromatic heterocycles. The topological polar surface area (TPSA) is 33.5 Å². The van der Waals surface area contributed by atoms with Crippen molar-refractivity contribution in [2.75, 3.05) is 14.1 Å². The molecule has 0 aliphatic rings. The summed E-state index contributed by atoms with van der Waals surface area (Å²) in [6, 6.07) is 7.39. The molecule has 3 nitrogen and oxygen atoms in total. The molecule has 1 aromatic carbocycles. The zero-order valence-corrected chi connectivity index (χ0v) is 11.3. The summed E-state index contributed by atoms with van der Waals surface area (Å²) in [5, 5.41) is 0.974. The van der Waals surface area contributed by atoms with Gasteiger partial charge in [0.05, 0.1) is 12.3 Å². The molecule has 0 amide bonds. The lowest BCUT2D eigenvalue weighted by Crippen LogP contribution is -2.40. The first-order valence-electron chi connectivity index (χ1n) is 6.18. The maximum Gasteiger partial charge on any atom is 0.180 e. The summed E-state index contributed by atoms with van der Waals surface area (Å²) in [7, 11) is 3.89. The molecule has 0 spiro atoms. The highest BCUT2D eigenvalue weighted by molar-refractivity contribution is 6.02. The number of rotatable bonds is 4. The molecule has 2 rings (SSSR count). The smallest absolute Gasteiger partial charge is 0.180 e. The number of carbonyl (C=O) groups excluding carboxylic acids is 1. The zero-order chi connectivity index (χ0) is 13.3. The van der Waals surface area contributed by atoms with E-state index in [0.717, 1.165) is 16.5 Å². The van der Waals surface area contributed by atoms with Crippen LogP contribution in [-0.4, -0.2) is 30.8 Å². The summed E-state index contributed by atoms with van der Waals surface area (Å²) < 4.78 is 5.29. The number of fused-ring (bicyclic) bond motifs is 1. The van der Waals surface area contributed by atoms with E-state index in [9.17, 15) is 4.79 Å². The lowest BCUT2D eigenvalue weighted by Gasteiger charge is -2.26. The fraction of sp³-hybridized carbons (Fsp3) is 0.400. The van der Waals surface area contributed by atoms with Crippen molar-refractivity contribution in [1.82, 2.24) is 4.90 Å². The molecule has 0 saturated carbocycles. The Kier molecular flexibility index (Phi) is 3.53. The molecule has 0 aliphatic heterocycles. The molecule has 0 saturated heterocycles. The summed E-state index contributed by atoms with van der Waals surface area (Å²) in [4.78, 5) is 14.5.